The Morgan fingerprint density at radius 2 is 2.40 bits per heavy atom. The molecule has 1 aliphatic rings. The Kier molecular flexibility index (Phi) is 1.74. The molecule has 0 unspecified atom stereocenters. The minimum Gasteiger partial charge on any atom is -0.273 e. The lowest BCUT2D eigenvalue weighted by Gasteiger charge is -2.07. The normalized spacial score (nSPS) is 24.9. The Hall–Kier alpha value is -0.860. The number of carbonyl (C=O) groups excluding carboxylic acids is 1. The van der Waals surface area contributed by atoms with Crippen LogP contribution in [0.4, 0.5) is 0 Å². The first-order valence-corrected chi connectivity index (χ1v) is 3.44. The van der Waals surface area contributed by atoms with Crippen LogP contribution in [0, 0.1) is 5.92 Å². The third-order valence-corrected chi connectivity index (χ3v) is 1.80. The Balaban J connectivity index is 2.65. The van der Waals surface area contributed by atoms with Gasteiger partial charge in [0, 0.05) is 18.6 Å². The van der Waals surface area contributed by atoms with Crippen molar-refractivity contribution < 1.29 is 4.79 Å². The van der Waals surface area contributed by atoms with Crippen LogP contribution in [0.1, 0.15) is 20.8 Å². The predicted molar refractivity (Wildman–Crippen MR) is 39.7 cm³/mol. The summed E-state index contributed by atoms with van der Waals surface area (Å²) in [6.07, 6.45) is 0. The SMILES string of the molecule is CC(=O)N1C[C@@H](C)C(C)=N1. The molecule has 0 bridgehead atoms. The zero-order valence-corrected chi connectivity index (χ0v) is 6.59. The van der Waals surface area contributed by atoms with Crippen molar-refractivity contribution in [3.63, 3.8) is 0 Å². The lowest BCUT2D eigenvalue weighted by atomic mass is 10.1. The molecule has 1 heterocycles. The van der Waals surface area contributed by atoms with Crippen LogP contribution in [0.2, 0.25) is 0 Å². The molecule has 1 amide bonds. The van der Waals surface area contributed by atoms with E-state index in [9.17, 15) is 4.79 Å². The smallest absolute Gasteiger partial charge is 0.239 e. The van der Waals surface area contributed by atoms with Gasteiger partial charge in [0.25, 0.3) is 0 Å². The first kappa shape index (κ1) is 7.25. The molecule has 1 aliphatic heterocycles. The lowest BCUT2D eigenvalue weighted by Crippen LogP contribution is -2.22. The highest BCUT2D eigenvalue weighted by Crippen LogP contribution is 2.11. The number of carbonyl (C=O) groups is 1. The van der Waals surface area contributed by atoms with Gasteiger partial charge in [0.1, 0.15) is 0 Å². The van der Waals surface area contributed by atoms with Gasteiger partial charge >= 0.3 is 0 Å². The van der Waals surface area contributed by atoms with Gasteiger partial charge in [-0.25, -0.2) is 5.01 Å². The van der Waals surface area contributed by atoms with E-state index in [-0.39, 0.29) is 5.91 Å². The van der Waals surface area contributed by atoms with Gasteiger partial charge < -0.3 is 0 Å². The summed E-state index contributed by atoms with van der Waals surface area (Å²) in [6, 6.07) is 0. The van der Waals surface area contributed by atoms with Gasteiger partial charge in [-0.1, -0.05) is 6.92 Å². The van der Waals surface area contributed by atoms with Gasteiger partial charge in [0.2, 0.25) is 5.91 Å². The Morgan fingerprint density at radius 3 is 2.60 bits per heavy atom. The molecule has 56 valence electrons. The van der Waals surface area contributed by atoms with Gasteiger partial charge in [0.05, 0.1) is 6.54 Å². The maximum Gasteiger partial charge on any atom is 0.239 e. The van der Waals surface area contributed by atoms with Gasteiger partial charge in [0.15, 0.2) is 0 Å². The minimum atomic E-state index is 0.0312. The van der Waals surface area contributed by atoms with Gasteiger partial charge in [-0.3, -0.25) is 4.79 Å². The highest BCUT2D eigenvalue weighted by molar-refractivity contribution is 5.88. The first-order valence-electron chi connectivity index (χ1n) is 3.44. The van der Waals surface area contributed by atoms with Crippen LogP contribution in [0.3, 0.4) is 0 Å². The quantitative estimate of drug-likeness (QED) is 0.491. The van der Waals surface area contributed by atoms with E-state index in [0.717, 1.165) is 12.3 Å². The van der Waals surface area contributed by atoms with Crippen LogP contribution in [0.15, 0.2) is 5.10 Å². The average Bonchev–Trinajstić information content (AvgIpc) is 2.13. The summed E-state index contributed by atoms with van der Waals surface area (Å²) >= 11 is 0. The monoisotopic (exact) mass is 140 g/mol. The largest absolute Gasteiger partial charge is 0.273 e. The third kappa shape index (κ3) is 1.17. The summed E-state index contributed by atoms with van der Waals surface area (Å²) in [4.78, 5) is 10.8. The molecule has 0 aromatic carbocycles. The summed E-state index contributed by atoms with van der Waals surface area (Å²) in [5, 5.41) is 5.58. The summed E-state index contributed by atoms with van der Waals surface area (Å²) in [6.45, 7) is 6.31. The molecule has 0 spiro atoms. The summed E-state index contributed by atoms with van der Waals surface area (Å²) in [5.41, 5.74) is 1.05. The fourth-order valence-corrected chi connectivity index (χ4v) is 0.920. The summed E-state index contributed by atoms with van der Waals surface area (Å²) in [5.74, 6) is 0.465. The molecule has 3 nitrogen and oxygen atoms in total. The molecule has 1 atom stereocenters. The molecule has 0 aromatic heterocycles. The molecule has 0 aliphatic carbocycles. The molecule has 0 saturated heterocycles. The van der Waals surface area contributed by atoms with Crippen LogP contribution in [-0.4, -0.2) is 23.2 Å². The molecule has 0 saturated carbocycles. The van der Waals surface area contributed by atoms with Crippen molar-refractivity contribution in [3.05, 3.63) is 0 Å². The zero-order chi connectivity index (χ0) is 7.72. The molecule has 0 fully saturated rings. The van der Waals surface area contributed by atoms with Gasteiger partial charge in [-0.05, 0) is 6.92 Å². The van der Waals surface area contributed by atoms with Crippen molar-refractivity contribution in [3.8, 4) is 0 Å². The fraction of sp³-hybridized carbons (Fsp3) is 0.714. The standard InChI is InChI=1S/C7H12N2O/c1-5-4-9(7(3)10)8-6(5)2/h5H,4H2,1-3H3/t5-/m1/s1. The number of rotatable bonds is 0. The Labute approximate surface area is 60.7 Å². The number of nitrogens with zero attached hydrogens (tertiary/aromatic N) is 2. The fourth-order valence-electron chi connectivity index (χ4n) is 0.920. The molecule has 0 N–H and O–H groups in total. The first-order chi connectivity index (χ1) is 4.61. The van der Waals surface area contributed by atoms with Crippen molar-refractivity contribution in [2.75, 3.05) is 6.54 Å². The van der Waals surface area contributed by atoms with Crippen molar-refractivity contribution in [2.45, 2.75) is 20.8 Å². The van der Waals surface area contributed by atoms with Crippen LogP contribution in [-0.2, 0) is 4.79 Å². The summed E-state index contributed by atoms with van der Waals surface area (Å²) < 4.78 is 0. The molecule has 3 heteroatoms. The average molecular weight is 140 g/mol. The summed E-state index contributed by atoms with van der Waals surface area (Å²) in [7, 11) is 0. The number of hydrazone groups is 1. The van der Waals surface area contributed by atoms with E-state index in [0.29, 0.717) is 5.92 Å². The van der Waals surface area contributed by atoms with Crippen LogP contribution < -0.4 is 0 Å². The molecule has 0 radical (unpaired) electrons. The van der Waals surface area contributed by atoms with Crippen LogP contribution >= 0.6 is 0 Å². The number of hydrogen-bond donors (Lipinski definition) is 0. The van der Waals surface area contributed by atoms with Gasteiger partial charge in [-0.15, -0.1) is 0 Å². The van der Waals surface area contributed by atoms with E-state index in [1.165, 1.54) is 11.9 Å². The van der Waals surface area contributed by atoms with E-state index in [1.807, 2.05) is 6.92 Å². The number of amides is 1. The molecule has 10 heavy (non-hydrogen) atoms. The second-order valence-electron chi connectivity index (χ2n) is 2.74. The maximum absolute atomic E-state index is 10.8. The number of hydrogen-bond acceptors (Lipinski definition) is 2. The minimum absolute atomic E-state index is 0.0312. The topological polar surface area (TPSA) is 32.7 Å². The van der Waals surface area contributed by atoms with E-state index >= 15 is 0 Å². The maximum atomic E-state index is 10.8. The van der Waals surface area contributed by atoms with E-state index < -0.39 is 0 Å². The molecular weight excluding hydrogens is 128 g/mol. The predicted octanol–water partition coefficient (Wildman–Crippen LogP) is 0.861. The van der Waals surface area contributed by atoms with Crippen LogP contribution in [0.25, 0.3) is 0 Å². The van der Waals surface area contributed by atoms with E-state index in [1.54, 1.807) is 0 Å². The van der Waals surface area contributed by atoms with Crippen molar-refractivity contribution >= 4 is 11.6 Å². The molecule has 0 aromatic rings. The Morgan fingerprint density at radius 1 is 1.80 bits per heavy atom. The zero-order valence-electron chi connectivity index (χ0n) is 6.59. The van der Waals surface area contributed by atoms with Crippen molar-refractivity contribution in [2.24, 2.45) is 11.0 Å². The van der Waals surface area contributed by atoms with E-state index in [4.69, 9.17) is 0 Å². The second kappa shape index (κ2) is 2.40. The van der Waals surface area contributed by atoms with Gasteiger partial charge in [-0.2, -0.15) is 5.10 Å². The van der Waals surface area contributed by atoms with Crippen molar-refractivity contribution in [1.82, 2.24) is 5.01 Å². The third-order valence-electron chi connectivity index (χ3n) is 1.80. The highest BCUT2D eigenvalue weighted by Gasteiger charge is 2.21. The lowest BCUT2D eigenvalue weighted by molar-refractivity contribution is -0.128. The molecule has 1 rings (SSSR count). The second-order valence-corrected chi connectivity index (χ2v) is 2.74. The molecular formula is C7H12N2O. The highest BCUT2D eigenvalue weighted by atomic mass is 16.2. The van der Waals surface area contributed by atoms with Crippen LogP contribution in [0.5, 0.6) is 0 Å². The van der Waals surface area contributed by atoms with E-state index in [2.05, 4.69) is 12.0 Å². The Bertz CT molecular complexity index is 186. The van der Waals surface area contributed by atoms with Crippen molar-refractivity contribution in [1.29, 1.82) is 0 Å².